The SMILES string of the molecule is NC(=O)c1cc(Oc2ccc(F)cc2)ccn1. The second kappa shape index (κ2) is 4.61. The van der Waals surface area contributed by atoms with Gasteiger partial charge in [0, 0.05) is 12.3 Å². The summed E-state index contributed by atoms with van der Waals surface area (Å²) in [6.07, 6.45) is 1.42. The van der Waals surface area contributed by atoms with E-state index in [4.69, 9.17) is 10.5 Å². The summed E-state index contributed by atoms with van der Waals surface area (Å²) in [6, 6.07) is 8.54. The van der Waals surface area contributed by atoms with Gasteiger partial charge in [0.25, 0.3) is 5.91 Å². The Labute approximate surface area is 96.9 Å². The Kier molecular flexibility index (Phi) is 3.00. The van der Waals surface area contributed by atoms with Gasteiger partial charge in [-0.05, 0) is 30.3 Å². The third kappa shape index (κ3) is 2.78. The molecule has 0 fully saturated rings. The first-order valence-electron chi connectivity index (χ1n) is 4.84. The lowest BCUT2D eigenvalue weighted by molar-refractivity contribution is 0.0995. The molecule has 0 saturated carbocycles. The summed E-state index contributed by atoms with van der Waals surface area (Å²) < 4.78 is 18.1. The fourth-order valence-corrected chi connectivity index (χ4v) is 1.25. The highest BCUT2D eigenvalue weighted by atomic mass is 19.1. The van der Waals surface area contributed by atoms with E-state index in [-0.39, 0.29) is 11.5 Å². The van der Waals surface area contributed by atoms with E-state index in [1.165, 1.54) is 36.5 Å². The molecule has 17 heavy (non-hydrogen) atoms. The van der Waals surface area contributed by atoms with Crippen LogP contribution in [0.4, 0.5) is 4.39 Å². The number of nitrogens with zero attached hydrogens (tertiary/aromatic N) is 1. The maximum absolute atomic E-state index is 12.7. The smallest absolute Gasteiger partial charge is 0.267 e. The van der Waals surface area contributed by atoms with Crippen molar-refractivity contribution in [1.29, 1.82) is 0 Å². The first-order chi connectivity index (χ1) is 8.15. The van der Waals surface area contributed by atoms with Crippen LogP contribution >= 0.6 is 0 Å². The van der Waals surface area contributed by atoms with E-state index in [0.717, 1.165) is 0 Å². The van der Waals surface area contributed by atoms with Crippen molar-refractivity contribution in [3.05, 3.63) is 54.1 Å². The zero-order valence-corrected chi connectivity index (χ0v) is 8.76. The summed E-state index contributed by atoms with van der Waals surface area (Å²) in [7, 11) is 0. The number of aromatic nitrogens is 1. The van der Waals surface area contributed by atoms with Gasteiger partial charge in [-0.25, -0.2) is 4.39 Å². The molecule has 0 unspecified atom stereocenters. The van der Waals surface area contributed by atoms with Gasteiger partial charge in [-0.3, -0.25) is 9.78 Å². The van der Waals surface area contributed by atoms with Crippen LogP contribution in [0.15, 0.2) is 42.6 Å². The molecule has 4 nitrogen and oxygen atoms in total. The van der Waals surface area contributed by atoms with Gasteiger partial charge in [0.2, 0.25) is 0 Å². The van der Waals surface area contributed by atoms with E-state index in [0.29, 0.717) is 11.5 Å². The highest BCUT2D eigenvalue weighted by Crippen LogP contribution is 2.21. The first kappa shape index (κ1) is 11.1. The van der Waals surface area contributed by atoms with Crippen LogP contribution < -0.4 is 10.5 Å². The first-order valence-corrected chi connectivity index (χ1v) is 4.84. The van der Waals surface area contributed by atoms with Crippen LogP contribution in [-0.2, 0) is 0 Å². The van der Waals surface area contributed by atoms with E-state index < -0.39 is 5.91 Å². The number of primary amides is 1. The van der Waals surface area contributed by atoms with Crippen molar-refractivity contribution >= 4 is 5.91 Å². The zero-order valence-electron chi connectivity index (χ0n) is 8.76. The van der Waals surface area contributed by atoms with Crippen LogP contribution in [0, 0.1) is 5.82 Å². The lowest BCUT2D eigenvalue weighted by Crippen LogP contribution is -2.12. The Morgan fingerprint density at radius 1 is 1.18 bits per heavy atom. The summed E-state index contributed by atoms with van der Waals surface area (Å²) in [4.78, 5) is 14.7. The Morgan fingerprint density at radius 3 is 2.53 bits per heavy atom. The van der Waals surface area contributed by atoms with Gasteiger partial charge in [0.15, 0.2) is 0 Å². The van der Waals surface area contributed by atoms with Gasteiger partial charge in [-0.15, -0.1) is 0 Å². The molecule has 2 rings (SSSR count). The lowest BCUT2D eigenvalue weighted by Gasteiger charge is -2.05. The second-order valence-electron chi connectivity index (χ2n) is 3.30. The molecule has 0 spiro atoms. The van der Waals surface area contributed by atoms with Crippen LogP contribution in [0.1, 0.15) is 10.5 Å². The predicted octanol–water partition coefficient (Wildman–Crippen LogP) is 2.11. The molecule has 0 saturated heterocycles. The Balaban J connectivity index is 2.21. The summed E-state index contributed by atoms with van der Waals surface area (Å²) in [5.41, 5.74) is 5.20. The van der Waals surface area contributed by atoms with Crippen molar-refractivity contribution in [2.24, 2.45) is 5.73 Å². The number of carbonyl (C=O) groups excluding carboxylic acids is 1. The molecule has 86 valence electrons. The number of halogens is 1. The average Bonchev–Trinajstić information content (AvgIpc) is 2.32. The molecule has 0 aliphatic heterocycles. The number of rotatable bonds is 3. The van der Waals surface area contributed by atoms with E-state index >= 15 is 0 Å². The summed E-state index contributed by atoms with van der Waals surface area (Å²) in [5, 5.41) is 0. The molecule has 0 aliphatic carbocycles. The summed E-state index contributed by atoms with van der Waals surface area (Å²) >= 11 is 0. The third-order valence-corrected chi connectivity index (χ3v) is 2.03. The van der Waals surface area contributed by atoms with Crippen LogP contribution in [0.5, 0.6) is 11.5 Å². The molecular formula is C12H9FN2O2. The molecule has 5 heteroatoms. The van der Waals surface area contributed by atoms with E-state index in [2.05, 4.69) is 4.98 Å². The molecular weight excluding hydrogens is 223 g/mol. The number of amides is 1. The van der Waals surface area contributed by atoms with Crippen LogP contribution in [-0.4, -0.2) is 10.9 Å². The average molecular weight is 232 g/mol. The van der Waals surface area contributed by atoms with E-state index in [1.807, 2.05) is 0 Å². The maximum Gasteiger partial charge on any atom is 0.267 e. The number of hydrogen-bond donors (Lipinski definition) is 1. The number of carbonyl (C=O) groups is 1. The third-order valence-electron chi connectivity index (χ3n) is 2.03. The predicted molar refractivity (Wildman–Crippen MR) is 59.2 cm³/mol. The number of pyridine rings is 1. The molecule has 1 amide bonds. The van der Waals surface area contributed by atoms with E-state index in [9.17, 15) is 9.18 Å². The van der Waals surface area contributed by atoms with Gasteiger partial charge >= 0.3 is 0 Å². The monoisotopic (exact) mass is 232 g/mol. The number of hydrogen-bond acceptors (Lipinski definition) is 3. The standard InChI is InChI=1S/C12H9FN2O2/c13-8-1-3-9(4-2-8)17-10-5-6-15-11(7-10)12(14)16/h1-7H,(H2,14,16). The fourth-order valence-electron chi connectivity index (χ4n) is 1.25. The molecule has 1 aromatic carbocycles. The molecule has 0 bridgehead atoms. The van der Waals surface area contributed by atoms with Crippen LogP contribution in [0.2, 0.25) is 0 Å². The lowest BCUT2D eigenvalue weighted by atomic mass is 10.3. The van der Waals surface area contributed by atoms with Gasteiger partial charge in [0.1, 0.15) is 23.0 Å². The van der Waals surface area contributed by atoms with Crippen molar-refractivity contribution in [2.45, 2.75) is 0 Å². The zero-order chi connectivity index (χ0) is 12.3. The normalized spacial score (nSPS) is 9.94. The topological polar surface area (TPSA) is 65.2 Å². The van der Waals surface area contributed by atoms with Crippen molar-refractivity contribution in [1.82, 2.24) is 4.98 Å². The second-order valence-corrected chi connectivity index (χ2v) is 3.30. The highest BCUT2D eigenvalue weighted by Gasteiger charge is 2.04. The van der Waals surface area contributed by atoms with Crippen LogP contribution in [0.3, 0.4) is 0 Å². The number of ether oxygens (including phenoxy) is 1. The fraction of sp³-hybridized carbons (Fsp3) is 0. The quantitative estimate of drug-likeness (QED) is 0.881. The maximum atomic E-state index is 12.7. The molecule has 0 radical (unpaired) electrons. The van der Waals surface area contributed by atoms with Gasteiger partial charge < -0.3 is 10.5 Å². The molecule has 2 N–H and O–H groups in total. The van der Waals surface area contributed by atoms with Crippen LogP contribution in [0.25, 0.3) is 0 Å². The number of benzene rings is 1. The van der Waals surface area contributed by atoms with Crippen molar-refractivity contribution in [2.75, 3.05) is 0 Å². The molecule has 0 atom stereocenters. The Bertz CT molecular complexity index is 540. The highest BCUT2D eigenvalue weighted by molar-refractivity contribution is 5.91. The van der Waals surface area contributed by atoms with E-state index in [1.54, 1.807) is 6.07 Å². The summed E-state index contributed by atoms with van der Waals surface area (Å²) in [5.74, 6) is -0.0899. The van der Waals surface area contributed by atoms with Gasteiger partial charge in [-0.2, -0.15) is 0 Å². The van der Waals surface area contributed by atoms with Crippen molar-refractivity contribution in [3.8, 4) is 11.5 Å². The molecule has 1 aromatic heterocycles. The minimum absolute atomic E-state index is 0.115. The van der Waals surface area contributed by atoms with Gasteiger partial charge in [0.05, 0.1) is 0 Å². The number of nitrogens with two attached hydrogens (primary N) is 1. The van der Waals surface area contributed by atoms with Crippen molar-refractivity contribution in [3.63, 3.8) is 0 Å². The minimum Gasteiger partial charge on any atom is -0.457 e. The molecule has 1 heterocycles. The minimum atomic E-state index is -0.630. The Morgan fingerprint density at radius 2 is 1.88 bits per heavy atom. The molecule has 2 aromatic rings. The van der Waals surface area contributed by atoms with Gasteiger partial charge in [-0.1, -0.05) is 0 Å². The summed E-state index contributed by atoms with van der Waals surface area (Å²) in [6.45, 7) is 0. The Hall–Kier alpha value is -2.43. The largest absolute Gasteiger partial charge is 0.457 e. The van der Waals surface area contributed by atoms with Crippen molar-refractivity contribution < 1.29 is 13.9 Å². The molecule has 0 aliphatic rings.